The lowest BCUT2D eigenvalue weighted by Gasteiger charge is -2.12. The molecule has 22 heavy (non-hydrogen) atoms. The second-order valence-electron chi connectivity index (χ2n) is 5.16. The molecule has 1 atom stereocenters. The molecule has 2 amide bonds. The zero-order chi connectivity index (χ0) is 16.3. The monoisotopic (exact) mass is 304 g/mol. The molecule has 1 aromatic carbocycles. The van der Waals surface area contributed by atoms with Crippen molar-refractivity contribution in [2.45, 2.75) is 33.4 Å². The van der Waals surface area contributed by atoms with Gasteiger partial charge in [0.05, 0.1) is 24.7 Å². The number of imidazole rings is 1. The standard InChI is InChI=1S/C15H20N4O3/c1-8-5-6-11-13(9(8)2)19-12(18-11)7-16-14(20)10(3)17-15(21)22-4/h5-6,10H,7H2,1-4H3,(H,16,20)(H,17,21)(H,18,19). The maximum atomic E-state index is 11.9. The highest BCUT2D eigenvalue weighted by molar-refractivity contribution is 5.85. The Morgan fingerprint density at radius 1 is 1.36 bits per heavy atom. The number of aromatic nitrogens is 2. The fraction of sp³-hybridized carbons (Fsp3) is 0.400. The number of aryl methyl sites for hydroxylation is 2. The van der Waals surface area contributed by atoms with Gasteiger partial charge in [0.2, 0.25) is 5.91 Å². The molecule has 7 nitrogen and oxygen atoms in total. The van der Waals surface area contributed by atoms with Crippen LogP contribution in [0.25, 0.3) is 11.0 Å². The summed E-state index contributed by atoms with van der Waals surface area (Å²) in [5.74, 6) is 0.362. The molecule has 0 radical (unpaired) electrons. The lowest BCUT2D eigenvalue weighted by Crippen LogP contribution is -2.44. The van der Waals surface area contributed by atoms with Gasteiger partial charge in [-0.1, -0.05) is 6.07 Å². The van der Waals surface area contributed by atoms with E-state index in [0.29, 0.717) is 5.82 Å². The number of amides is 2. The summed E-state index contributed by atoms with van der Waals surface area (Å²) in [6, 6.07) is 3.32. The minimum absolute atomic E-state index is 0.263. The number of ether oxygens (including phenoxy) is 1. The van der Waals surface area contributed by atoms with E-state index in [9.17, 15) is 9.59 Å². The van der Waals surface area contributed by atoms with Crippen molar-refractivity contribution >= 4 is 23.0 Å². The average Bonchev–Trinajstić information content (AvgIpc) is 2.92. The number of nitrogens with zero attached hydrogens (tertiary/aromatic N) is 1. The second kappa shape index (κ2) is 6.46. The highest BCUT2D eigenvalue weighted by Gasteiger charge is 2.16. The van der Waals surface area contributed by atoms with E-state index in [4.69, 9.17) is 0 Å². The molecule has 1 unspecified atom stereocenters. The number of hydrogen-bond acceptors (Lipinski definition) is 4. The van der Waals surface area contributed by atoms with Crippen molar-refractivity contribution in [2.75, 3.05) is 7.11 Å². The molecule has 0 fully saturated rings. The summed E-state index contributed by atoms with van der Waals surface area (Å²) in [7, 11) is 1.25. The van der Waals surface area contributed by atoms with Crippen LogP contribution in [0.4, 0.5) is 4.79 Å². The molecule has 0 saturated heterocycles. The third-order valence-corrected chi connectivity index (χ3v) is 3.57. The summed E-state index contributed by atoms with van der Waals surface area (Å²) >= 11 is 0. The summed E-state index contributed by atoms with van der Waals surface area (Å²) < 4.78 is 4.45. The van der Waals surface area contributed by atoms with E-state index in [1.807, 2.05) is 26.0 Å². The second-order valence-corrected chi connectivity index (χ2v) is 5.16. The van der Waals surface area contributed by atoms with Crippen LogP contribution in [0, 0.1) is 13.8 Å². The molecule has 2 aromatic rings. The molecule has 118 valence electrons. The van der Waals surface area contributed by atoms with Gasteiger partial charge in [0.25, 0.3) is 0 Å². The molecule has 0 bridgehead atoms. The van der Waals surface area contributed by atoms with E-state index >= 15 is 0 Å². The molecule has 1 aromatic heterocycles. The average molecular weight is 304 g/mol. The zero-order valence-corrected chi connectivity index (χ0v) is 13.1. The number of aromatic amines is 1. The minimum Gasteiger partial charge on any atom is -0.453 e. The van der Waals surface area contributed by atoms with Crippen LogP contribution in [0.2, 0.25) is 0 Å². The number of hydrogen-bond donors (Lipinski definition) is 3. The van der Waals surface area contributed by atoms with E-state index in [1.165, 1.54) is 12.7 Å². The Labute approximate surface area is 128 Å². The van der Waals surface area contributed by atoms with Crippen LogP contribution in [0.1, 0.15) is 23.9 Å². The van der Waals surface area contributed by atoms with Crippen molar-refractivity contribution in [3.8, 4) is 0 Å². The van der Waals surface area contributed by atoms with Gasteiger partial charge < -0.3 is 20.4 Å². The summed E-state index contributed by atoms with van der Waals surface area (Å²) in [5.41, 5.74) is 4.13. The molecular weight excluding hydrogens is 284 g/mol. The molecule has 0 aliphatic carbocycles. The summed E-state index contributed by atoms with van der Waals surface area (Å²) in [6.07, 6.45) is -0.641. The van der Waals surface area contributed by atoms with Gasteiger partial charge in [-0.05, 0) is 38.0 Å². The highest BCUT2D eigenvalue weighted by Crippen LogP contribution is 2.19. The number of methoxy groups -OCH3 is 1. The first kappa shape index (κ1) is 15.8. The quantitative estimate of drug-likeness (QED) is 0.798. The topological polar surface area (TPSA) is 96.1 Å². The molecule has 0 aliphatic heterocycles. The van der Waals surface area contributed by atoms with Crippen LogP contribution in [-0.4, -0.2) is 35.1 Å². The number of H-pyrrole nitrogens is 1. The number of benzene rings is 1. The maximum Gasteiger partial charge on any atom is 0.407 e. The number of carbonyl (C=O) groups excluding carboxylic acids is 2. The third kappa shape index (κ3) is 3.36. The summed E-state index contributed by atoms with van der Waals surface area (Å²) in [6.45, 7) is 5.89. The largest absolute Gasteiger partial charge is 0.453 e. The van der Waals surface area contributed by atoms with Crippen molar-refractivity contribution in [3.63, 3.8) is 0 Å². The number of carbonyl (C=O) groups is 2. The number of fused-ring (bicyclic) bond motifs is 1. The Balaban J connectivity index is 2.01. The van der Waals surface area contributed by atoms with Crippen molar-refractivity contribution in [1.82, 2.24) is 20.6 Å². The van der Waals surface area contributed by atoms with Crippen molar-refractivity contribution < 1.29 is 14.3 Å². The van der Waals surface area contributed by atoms with Crippen molar-refractivity contribution in [3.05, 3.63) is 29.1 Å². The Kier molecular flexibility index (Phi) is 4.65. The van der Waals surface area contributed by atoms with Crippen LogP contribution in [0.15, 0.2) is 12.1 Å². The molecule has 0 saturated carbocycles. The Bertz CT molecular complexity index is 708. The van der Waals surface area contributed by atoms with Crippen LogP contribution < -0.4 is 10.6 Å². The zero-order valence-electron chi connectivity index (χ0n) is 13.1. The van der Waals surface area contributed by atoms with Gasteiger partial charge >= 0.3 is 6.09 Å². The van der Waals surface area contributed by atoms with Gasteiger partial charge in [0, 0.05) is 0 Å². The highest BCUT2D eigenvalue weighted by atomic mass is 16.5. The fourth-order valence-corrected chi connectivity index (χ4v) is 2.07. The smallest absolute Gasteiger partial charge is 0.407 e. The lowest BCUT2D eigenvalue weighted by atomic mass is 10.1. The molecule has 7 heteroatoms. The first-order chi connectivity index (χ1) is 10.4. The van der Waals surface area contributed by atoms with Gasteiger partial charge in [0.1, 0.15) is 11.9 Å². The van der Waals surface area contributed by atoms with Gasteiger partial charge in [-0.25, -0.2) is 9.78 Å². The molecule has 1 heterocycles. The van der Waals surface area contributed by atoms with Crippen LogP contribution in [0.5, 0.6) is 0 Å². The minimum atomic E-state index is -0.680. The Hall–Kier alpha value is -2.57. The maximum absolute atomic E-state index is 11.9. The van der Waals surface area contributed by atoms with E-state index < -0.39 is 12.1 Å². The van der Waals surface area contributed by atoms with E-state index in [-0.39, 0.29) is 12.5 Å². The van der Waals surface area contributed by atoms with Gasteiger partial charge in [0.15, 0.2) is 0 Å². The van der Waals surface area contributed by atoms with Gasteiger partial charge in [-0.3, -0.25) is 4.79 Å². The van der Waals surface area contributed by atoms with E-state index in [2.05, 4.69) is 25.3 Å². The normalized spacial score (nSPS) is 12.0. The third-order valence-electron chi connectivity index (χ3n) is 3.57. The number of nitrogens with one attached hydrogen (secondary N) is 3. The number of rotatable bonds is 4. The molecule has 2 rings (SSSR count). The van der Waals surface area contributed by atoms with Gasteiger partial charge in [-0.2, -0.15) is 0 Å². The van der Waals surface area contributed by atoms with Gasteiger partial charge in [-0.15, -0.1) is 0 Å². The van der Waals surface area contributed by atoms with E-state index in [1.54, 1.807) is 6.92 Å². The molecule has 0 aliphatic rings. The van der Waals surface area contributed by atoms with Crippen LogP contribution >= 0.6 is 0 Å². The number of alkyl carbamates (subject to hydrolysis) is 1. The van der Waals surface area contributed by atoms with Crippen LogP contribution in [-0.2, 0) is 16.1 Å². The SMILES string of the molecule is COC(=O)NC(C)C(=O)NCc1nc2c(C)c(C)ccc2[nH]1. The Morgan fingerprint density at radius 3 is 2.77 bits per heavy atom. The molecule has 3 N–H and O–H groups in total. The predicted molar refractivity (Wildman–Crippen MR) is 82.4 cm³/mol. The summed E-state index contributed by atoms with van der Waals surface area (Å²) in [5, 5.41) is 5.13. The fourth-order valence-electron chi connectivity index (χ4n) is 2.07. The first-order valence-corrected chi connectivity index (χ1v) is 6.99. The van der Waals surface area contributed by atoms with Crippen molar-refractivity contribution in [1.29, 1.82) is 0 Å². The van der Waals surface area contributed by atoms with E-state index in [0.717, 1.165) is 16.6 Å². The summed E-state index contributed by atoms with van der Waals surface area (Å²) in [4.78, 5) is 30.6. The predicted octanol–water partition coefficient (Wildman–Crippen LogP) is 1.54. The van der Waals surface area contributed by atoms with Crippen LogP contribution in [0.3, 0.4) is 0 Å². The first-order valence-electron chi connectivity index (χ1n) is 6.99. The lowest BCUT2D eigenvalue weighted by molar-refractivity contribution is -0.122. The van der Waals surface area contributed by atoms with Crippen molar-refractivity contribution in [2.24, 2.45) is 0 Å². The molecular formula is C15H20N4O3. The Morgan fingerprint density at radius 2 is 2.09 bits per heavy atom. The molecule has 0 spiro atoms.